The zero-order valence-corrected chi connectivity index (χ0v) is 19.0. The van der Waals surface area contributed by atoms with E-state index in [0.717, 1.165) is 53.8 Å². The summed E-state index contributed by atoms with van der Waals surface area (Å²) in [6, 6.07) is 13.7. The monoisotopic (exact) mass is 449 g/mol. The second-order valence-electron chi connectivity index (χ2n) is 8.16. The van der Waals surface area contributed by atoms with E-state index >= 15 is 0 Å². The number of hydrogen-bond acceptors (Lipinski definition) is 7. The molecule has 32 heavy (non-hydrogen) atoms. The lowest BCUT2D eigenvalue weighted by molar-refractivity contribution is 0.416. The molecule has 9 heteroatoms. The van der Waals surface area contributed by atoms with Crippen LogP contribution in [0.15, 0.2) is 53.2 Å². The predicted molar refractivity (Wildman–Crippen MR) is 125 cm³/mol. The molecule has 4 aromatic rings. The van der Waals surface area contributed by atoms with Crippen LogP contribution in [0.2, 0.25) is 5.02 Å². The number of rotatable bonds is 5. The Bertz CT molecular complexity index is 1230. The van der Waals surface area contributed by atoms with Gasteiger partial charge >= 0.3 is 0 Å². The Morgan fingerprint density at radius 1 is 1.09 bits per heavy atom. The van der Waals surface area contributed by atoms with E-state index in [-0.39, 0.29) is 6.04 Å². The third-order valence-electron chi connectivity index (χ3n) is 5.80. The van der Waals surface area contributed by atoms with Gasteiger partial charge in [0.15, 0.2) is 11.6 Å². The predicted octanol–water partition coefficient (Wildman–Crippen LogP) is 4.59. The average molecular weight is 450 g/mol. The van der Waals surface area contributed by atoms with Gasteiger partial charge in [0.1, 0.15) is 11.5 Å². The van der Waals surface area contributed by atoms with Crippen molar-refractivity contribution in [1.82, 2.24) is 24.9 Å². The van der Waals surface area contributed by atoms with Crippen molar-refractivity contribution in [2.24, 2.45) is 7.05 Å². The first-order valence-electron chi connectivity index (χ1n) is 10.5. The number of pyridine rings is 1. The summed E-state index contributed by atoms with van der Waals surface area (Å²) in [7, 11) is 5.93. The van der Waals surface area contributed by atoms with E-state index in [9.17, 15) is 0 Å². The van der Waals surface area contributed by atoms with E-state index in [2.05, 4.69) is 25.2 Å². The minimum absolute atomic E-state index is 0.0803. The maximum Gasteiger partial charge on any atom is 0.227 e. The third-order valence-corrected chi connectivity index (χ3v) is 6.04. The van der Waals surface area contributed by atoms with Gasteiger partial charge in [0.05, 0.1) is 6.04 Å². The van der Waals surface area contributed by atoms with Gasteiger partial charge in [0.25, 0.3) is 0 Å². The fourth-order valence-corrected chi connectivity index (χ4v) is 4.33. The van der Waals surface area contributed by atoms with Crippen molar-refractivity contribution in [3.8, 4) is 22.7 Å². The van der Waals surface area contributed by atoms with Crippen molar-refractivity contribution in [3.05, 3.63) is 59.4 Å². The van der Waals surface area contributed by atoms with Crippen LogP contribution in [0.3, 0.4) is 0 Å². The first kappa shape index (κ1) is 20.5. The standard InChI is InChI=1S/C23H24ClN7O/c1-29(2)21-10-9-16(14-25-21)22-26-27-23(30(22)3)31-11-5-8-19(31)18-13-20(32-28-18)15-6-4-7-17(24)12-15/h4,6-7,9-10,12-14,19H,5,8,11H2,1-3H3/t19-/m1/s1. The molecule has 1 aliphatic rings. The number of benzene rings is 1. The second-order valence-corrected chi connectivity index (χ2v) is 8.60. The molecule has 1 atom stereocenters. The Kier molecular flexibility index (Phi) is 5.30. The van der Waals surface area contributed by atoms with E-state index < -0.39 is 0 Å². The molecule has 3 aromatic heterocycles. The SMILES string of the molecule is CN(C)c1ccc(-c2nnc(N3CCC[C@@H]3c3cc(-c4cccc(Cl)c4)on3)n2C)cn1. The van der Waals surface area contributed by atoms with Crippen molar-refractivity contribution in [3.63, 3.8) is 0 Å². The van der Waals surface area contributed by atoms with Crippen LogP contribution in [-0.2, 0) is 7.05 Å². The van der Waals surface area contributed by atoms with Crippen molar-refractivity contribution in [1.29, 1.82) is 0 Å². The lowest BCUT2D eigenvalue weighted by atomic mass is 10.1. The normalized spacial score (nSPS) is 16.0. The minimum Gasteiger partial charge on any atom is -0.363 e. The Hall–Kier alpha value is -3.39. The summed E-state index contributed by atoms with van der Waals surface area (Å²) in [4.78, 5) is 8.72. The van der Waals surface area contributed by atoms with Gasteiger partial charge in [-0.25, -0.2) is 4.98 Å². The zero-order valence-electron chi connectivity index (χ0n) is 18.2. The highest BCUT2D eigenvalue weighted by atomic mass is 35.5. The molecule has 0 radical (unpaired) electrons. The molecule has 5 rings (SSSR count). The van der Waals surface area contributed by atoms with Crippen LogP contribution in [0.25, 0.3) is 22.7 Å². The van der Waals surface area contributed by atoms with Crippen LogP contribution in [0.4, 0.5) is 11.8 Å². The van der Waals surface area contributed by atoms with Gasteiger partial charge in [-0.2, -0.15) is 0 Å². The van der Waals surface area contributed by atoms with E-state index in [4.69, 9.17) is 16.1 Å². The number of aromatic nitrogens is 5. The summed E-state index contributed by atoms with van der Waals surface area (Å²) in [5, 5.41) is 14.0. The van der Waals surface area contributed by atoms with Crippen LogP contribution in [0, 0.1) is 0 Å². The van der Waals surface area contributed by atoms with Gasteiger partial charge in [-0.3, -0.25) is 4.57 Å². The quantitative estimate of drug-likeness (QED) is 0.441. The van der Waals surface area contributed by atoms with Gasteiger partial charge < -0.3 is 14.3 Å². The number of hydrogen-bond donors (Lipinski definition) is 0. The summed E-state index contributed by atoms with van der Waals surface area (Å²) in [5.41, 5.74) is 2.73. The highest BCUT2D eigenvalue weighted by molar-refractivity contribution is 6.30. The summed E-state index contributed by atoms with van der Waals surface area (Å²) in [6.45, 7) is 0.883. The molecule has 8 nitrogen and oxygen atoms in total. The summed E-state index contributed by atoms with van der Waals surface area (Å²) >= 11 is 6.13. The largest absolute Gasteiger partial charge is 0.363 e. The van der Waals surface area contributed by atoms with E-state index in [1.807, 2.05) is 79.3 Å². The Morgan fingerprint density at radius 3 is 2.72 bits per heavy atom. The average Bonchev–Trinajstić information content (AvgIpc) is 3.53. The van der Waals surface area contributed by atoms with Crippen LogP contribution < -0.4 is 9.80 Å². The summed E-state index contributed by atoms with van der Waals surface area (Å²) < 4.78 is 7.66. The van der Waals surface area contributed by atoms with E-state index in [0.29, 0.717) is 10.8 Å². The Labute approximate surface area is 191 Å². The molecule has 0 spiro atoms. The molecule has 0 aliphatic carbocycles. The lowest BCUT2D eigenvalue weighted by Crippen LogP contribution is -2.25. The molecule has 4 heterocycles. The summed E-state index contributed by atoms with van der Waals surface area (Å²) in [5.74, 6) is 3.20. The number of nitrogens with zero attached hydrogens (tertiary/aromatic N) is 7. The smallest absolute Gasteiger partial charge is 0.227 e. The van der Waals surface area contributed by atoms with Gasteiger partial charge in [-0.1, -0.05) is 28.9 Å². The van der Waals surface area contributed by atoms with Crippen molar-refractivity contribution in [2.75, 3.05) is 30.4 Å². The molecule has 164 valence electrons. The fraction of sp³-hybridized carbons (Fsp3) is 0.304. The first-order chi connectivity index (χ1) is 15.5. The van der Waals surface area contributed by atoms with Crippen molar-refractivity contribution < 1.29 is 4.52 Å². The molecule has 1 aromatic carbocycles. The van der Waals surface area contributed by atoms with Crippen LogP contribution in [-0.4, -0.2) is 45.5 Å². The number of anilines is 2. The minimum atomic E-state index is 0.0803. The molecule has 1 saturated heterocycles. The third kappa shape index (κ3) is 3.71. The Balaban J connectivity index is 1.42. The topological polar surface area (TPSA) is 76.1 Å². The fourth-order valence-electron chi connectivity index (χ4n) is 4.14. The molecule has 0 bridgehead atoms. The molecule has 0 N–H and O–H groups in total. The molecule has 1 aliphatic heterocycles. The molecular weight excluding hydrogens is 426 g/mol. The Morgan fingerprint density at radius 2 is 1.97 bits per heavy atom. The molecule has 0 amide bonds. The summed E-state index contributed by atoms with van der Waals surface area (Å²) in [6.07, 6.45) is 3.85. The van der Waals surface area contributed by atoms with Gasteiger partial charge in [-0.15, -0.1) is 10.2 Å². The maximum atomic E-state index is 6.13. The zero-order chi connectivity index (χ0) is 22.2. The van der Waals surface area contributed by atoms with E-state index in [1.54, 1.807) is 0 Å². The molecular formula is C23H24ClN7O. The maximum absolute atomic E-state index is 6.13. The van der Waals surface area contributed by atoms with Crippen LogP contribution in [0.1, 0.15) is 24.6 Å². The lowest BCUT2D eigenvalue weighted by Gasteiger charge is -2.23. The van der Waals surface area contributed by atoms with Crippen molar-refractivity contribution in [2.45, 2.75) is 18.9 Å². The van der Waals surface area contributed by atoms with E-state index in [1.165, 1.54) is 0 Å². The highest BCUT2D eigenvalue weighted by Gasteiger charge is 2.32. The van der Waals surface area contributed by atoms with Gasteiger partial charge in [0, 0.05) is 56.1 Å². The van der Waals surface area contributed by atoms with Crippen LogP contribution >= 0.6 is 11.6 Å². The molecule has 0 unspecified atom stereocenters. The first-order valence-corrected chi connectivity index (χ1v) is 10.9. The number of halogens is 1. The second kappa shape index (κ2) is 8.27. The highest BCUT2D eigenvalue weighted by Crippen LogP contribution is 2.37. The van der Waals surface area contributed by atoms with Crippen molar-refractivity contribution >= 4 is 23.4 Å². The molecule has 1 fully saturated rings. The van der Waals surface area contributed by atoms with Gasteiger partial charge in [0.2, 0.25) is 5.95 Å². The molecule has 0 saturated carbocycles. The van der Waals surface area contributed by atoms with Gasteiger partial charge in [-0.05, 0) is 37.1 Å². The van der Waals surface area contributed by atoms with Crippen LogP contribution in [0.5, 0.6) is 0 Å².